The average Bonchev–Trinajstić information content (AvgIpc) is 2.32. The van der Waals surface area contributed by atoms with Crippen LogP contribution in [0.1, 0.15) is 24.8 Å². The van der Waals surface area contributed by atoms with Gasteiger partial charge in [0.2, 0.25) is 0 Å². The standard InChI is InChI=1S/C13H16N2/c1-2-9-15(10-3-1)11-5-7-13-6-4-8-14-12-13/h4,6,8,12H,1-3,9-11H2. The molecule has 0 N–H and O–H groups in total. The molecule has 1 aliphatic heterocycles. The quantitative estimate of drug-likeness (QED) is 0.644. The van der Waals surface area contributed by atoms with Crippen molar-refractivity contribution in [1.82, 2.24) is 9.88 Å². The van der Waals surface area contributed by atoms with Crippen molar-refractivity contribution >= 4 is 0 Å². The SMILES string of the molecule is C(#Cc1cccnc1)CN1CCCCC1. The normalized spacial score (nSPS) is 16.8. The Hall–Kier alpha value is -1.33. The molecule has 1 saturated heterocycles. The summed E-state index contributed by atoms with van der Waals surface area (Å²) in [6.45, 7) is 3.32. The summed E-state index contributed by atoms with van der Waals surface area (Å²) in [5, 5.41) is 0. The summed E-state index contributed by atoms with van der Waals surface area (Å²) in [6.07, 6.45) is 7.62. The number of nitrogens with zero attached hydrogens (tertiary/aromatic N) is 2. The van der Waals surface area contributed by atoms with Crippen LogP contribution in [0.25, 0.3) is 0 Å². The summed E-state index contributed by atoms with van der Waals surface area (Å²) in [5.41, 5.74) is 1.01. The van der Waals surface area contributed by atoms with Gasteiger partial charge in [-0.25, -0.2) is 0 Å². The topological polar surface area (TPSA) is 16.1 Å². The van der Waals surface area contributed by atoms with Gasteiger partial charge < -0.3 is 0 Å². The fourth-order valence-corrected chi connectivity index (χ4v) is 1.81. The van der Waals surface area contributed by atoms with Crippen LogP contribution in [0.4, 0.5) is 0 Å². The Morgan fingerprint density at radius 3 is 2.87 bits per heavy atom. The molecule has 0 radical (unpaired) electrons. The number of piperidine rings is 1. The number of rotatable bonds is 1. The third kappa shape index (κ3) is 3.38. The van der Waals surface area contributed by atoms with Crippen molar-refractivity contribution in [3.8, 4) is 11.8 Å². The number of aromatic nitrogens is 1. The third-order valence-electron chi connectivity index (χ3n) is 2.65. The van der Waals surface area contributed by atoms with E-state index < -0.39 is 0 Å². The molecule has 1 aromatic heterocycles. The fourth-order valence-electron chi connectivity index (χ4n) is 1.81. The lowest BCUT2D eigenvalue weighted by Gasteiger charge is -2.23. The molecule has 1 aromatic rings. The third-order valence-corrected chi connectivity index (χ3v) is 2.65. The van der Waals surface area contributed by atoms with Crippen molar-refractivity contribution in [1.29, 1.82) is 0 Å². The van der Waals surface area contributed by atoms with Crippen LogP contribution in [0.5, 0.6) is 0 Å². The molecule has 0 amide bonds. The predicted molar refractivity (Wildman–Crippen MR) is 61.4 cm³/mol. The maximum Gasteiger partial charge on any atom is 0.0605 e. The van der Waals surface area contributed by atoms with Crippen LogP contribution in [0.2, 0.25) is 0 Å². The number of hydrogen-bond acceptors (Lipinski definition) is 2. The Bertz CT molecular complexity index is 342. The maximum atomic E-state index is 4.03. The van der Waals surface area contributed by atoms with Gasteiger partial charge in [-0.3, -0.25) is 9.88 Å². The number of likely N-dealkylation sites (tertiary alicyclic amines) is 1. The van der Waals surface area contributed by atoms with Crippen LogP contribution in [0.15, 0.2) is 24.5 Å². The summed E-state index contributed by atoms with van der Waals surface area (Å²) < 4.78 is 0. The van der Waals surface area contributed by atoms with Crippen LogP contribution in [0.3, 0.4) is 0 Å². The molecule has 0 spiro atoms. The first kappa shape index (κ1) is 10.2. The zero-order chi connectivity index (χ0) is 10.3. The van der Waals surface area contributed by atoms with Gasteiger partial charge in [-0.05, 0) is 38.1 Å². The molecule has 2 rings (SSSR count). The van der Waals surface area contributed by atoms with E-state index in [1.807, 2.05) is 18.3 Å². The van der Waals surface area contributed by atoms with Gasteiger partial charge in [-0.2, -0.15) is 0 Å². The number of hydrogen-bond donors (Lipinski definition) is 0. The van der Waals surface area contributed by atoms with Crippen molar-refractivity contribution in [3.05, 3.63) is 30.1 Å². The molecule has 0 bridgehead atoms. The second-order valence-corrected chi connectivity index (χ2v) is 3.88. The average molecular weight is 200 g/mol. The fraction of sp³-hybridized carbons (Fsp3) is 0.462. The summed E-state index contributed by atoms with van der Waals surface area (Å²) in [4.78, 5) is 6.46. The van der Waals surface area contributed by atoms with Gasteiger partial charge in [-0.1, -0.05) is 18.3 Å². The Morgan fingerprint density at radius 2 is 2.13 bits per heavy atom. The molecule has 0 atom stereocenters. The van der Waals surface area contributed by atoms with Crippen LogP contribution in [-0.2, 0) is 0 Å². The molecule has 2 heterocycles. The zero-order valence-electron chi connectivity index (χ0n) is 8.95. The molecule has 2 heteroatoms. The summed E-state index contributed by atoms with van der Waals surface area (Å²) in [7, 11) is 0. The highest BCUT2D eigenvalue weighted by Crippen LogP contribution is 2.07. The molecule has 0 aromatic carbocycles. The van der Waals surface area contributed by atoms with Crippen molar-refractivity contribution in [2.24, 2.45) is 0 Å². The first-order valence-electron chi connectivity index (χ1n) is 5.56. The van der Waals surface area contributed by atoms with E-state index in [0.717, 1.165) is 12.1 Å². The second kappa shape index (κ2) is 5.53. The summed E-state index contributed by atoms with van der Waals surface area (Å²) in [6, 6.07) is 3.92. The molecule has 78 valence electrons. The van der Waals surface area contributed by atoms with E-state index in [0.29, 0.717) is 0 Å². The van der Waals surface area contributed by atoms with Gasteiger partial charge in [0, 0.05) is 18.0 Å². The van der Waals surface area contributed by atoms with Gasteiger partial charge in [-0.15, -0.1) is 0 Å². The Morgan fingerprint density at radius 1 is 1.27 bits per heavy atom. The van der Waals surface area contributed by atoms with E-state index in [4.69, 9.17) is 0 Å². The van der Waals surface area contributed by atoms with Crippen molar-refractivity contribution in [3.63, 3.8) is 0 Å². The van der Waals surface area contributed by atoms with E-state index in [2.05, 4.69) is 21.7 Å². The van der Waals surface area contributed by atoms with E-state index >= 15 is 0 Å². The predicted octanol–water partition coefficient (Wildman–Crippen LogP) is 1.92. The van der Waals surface area contributed by atoms with E-state index in [1.165, 1.54) is 32.4 Å². The largest absolute Gasteiger partial charge is 0.292 e. The minimum absolute atomic E-state index is 0.898. The van der Waals surface area contributed by atoms with Crippen molar-refractivity contribution < 1.29 is 0 Å². The molecule has 0 saturated carbocycles. The van der Waals surface area contributed by atoms with Crippen LogP contribution in [-0.4, -0.2) is 29.5 Å². The molecule has 1 fully saturated rings. The van der Waals surface area contributed by atoms with E-state index in [9.17, 15) is 0 Å². The van der Waals surface area contributed by atoms with Crippen molar-refractivity contribution in [2.45, 2.75) is 19.3 Å². The first-order chi connectivity index (χ1) is 7.45. The minimum Gasteiger partial charge on any atom is -0.292 e. The Kier molecular flexibility index (Phi) is 3.76. The van der Waals surface area contributed by atoms with Crippen LogP contribution in [0, 0.1) is 11.8 Å². The van der Waals surface area contributed by atoms with Crippen molar-refractivity contribution in [2.75, 3.05) is 19.6 Å². The van der Waals surface area contributed by atoms with Crippen LogP contribution < -0.4 is 0 Å². The first-order valence-corrected chi connectivity index (χ1v) is 5.56. The summed E-state index contributed by atoms with van der Waals surface area (Å²) in [5.74, 6) is 6.35. The van der Waals surface area contributed by atoms with E-state index in [1.54, 1.807) is 6.20 Å². The van der Waals surface area contributed by atoms with Gasteiger partial charge in [0.05, 0.1) is 6.54 Å². The highest BCUT2D eigenvalue weighted by molar-refractivity contribution is 5.31. The zero-order valence-corrected chi connectivity index (χ0v) is 8.95. The summed E-state index contributed by atoms with van der Waals surface area (Å²) >= 11 is 0. The smallest absolute Gasteiger partial charge is 0.0605 e. The Labute approximate surface area is 91.3 Å². The van der Waals surface area contributed by atoms with Crippen LogP contribution >= 0.6 is 0 Å². The lowest BCUT2D eigenvalue weighted by molar-refractivity contribution is 0.255. The number of pyridine rings is 1. The second-order valence-electron chi connectivity index (χ2n) is 3.88. The molecule has 1 aliphatic rings. The van der Waals surface area contributed by atoms with Gasteiger partial charge in [0.25, 0.3) is 0 Å². The van der Waals surface area contributed by atoms with Gasteiger partial charge in [0.15, 0.2) is 0 Å². The monoisotopic (exact) mass is 200 g/mol. The highest BCUT2D eigenvalue weighted by Gasteiger charge is 2.07. The minimum atomic E-state index is 0.898. The van der Waals surface area contributed by atoms with Gasteiger partial charge >= 0.3 is 0 Å². The van der Waals surface area contributed by atoms with E-state index in [-0.39, 0.29) is 0 Å². The Balaban J connectivity index is 1.84. The molecule has 2 nitrogen and oxygen atoms in total. The molecule has 15 heavy (non-hydrogen) atoms. The molecular weight excluding hydrogens is 184 g/mol. The molecular formula is C13H16N2. The van der Waals surface area contributed by atoms with Gasteiger partial charge in [0.1, 0.15) is 0 Å². The molecule has 0 unspecified atom stereocenters. The lowest BCUT2D eigenvalue weighted by atomic mass is 10.1. The highest BCUT2D eigenvalue weighted by atomic mass is 15.1. The lowest BCUT2D eigenvalue weighted by Crippen LogP contribution is -2.29. The molecule has 0 aliphatic carbocycles. The maximum absolute atomic E-state index is 4.03.